The van der Waals surface area contributed by atoms with Crippen molar-refractivity contribution in [3.63, 3.8) is 0 Å². The van der Waals surface area contributed by atoms with Gasteiger partial charge in [0.15, 0.2) is 0 Å². The van der Waals surface area contributed by atoms with Crippen LogP contribution in [0.3, 0.4) is 0 Å². The fourth-order valence-electron chi connectivity index (χ4n) is 3.19. The van der Waals surface area contributed by atoms with Gasteiger partial charge in [-0.25, -0.2) is 0 Å². The van der Waals surface area contributed by atoms with E-state index in [9.17, 15) is 0 Å². The van der Waals surface area contributed by atoms with E-state index in [1.54, 1.807) is 0 Å². The maximum Gasteiger partial charge on any atom is 0.0400 e. The number of benzene rings is 1. The molecule has 1 aliphatic heterocycles. The van der Waals surface area contributed by atoms with Crippen LogP contribution < -0.4 is 5.32 Å². The number of hydrogen-bond donors (Lipinski definition) is 1. The molecule has 1 heterocycles. The lowest BCUT2D eigenvalue weighted by Crippen LogP contribution is -2.44. The Kier molecular flexibility index (Phi) is 5.26. The minimum absolute atomic E-state index is 0.715. The second-order valence-electron chi connectivity index (χ2n) is 5.83. The van der Waals surface area contributed by atoms with E-state index >= 15 is 0 Å². The Morgan fingerprint density at radius 1 is 1.21 bits per heavy atom. The number of aryl methyl sites for hydroxylation is 2. The van der Waals surface area contributed by atoms with E-state index in [-0.39, 0.29) is 0 Å². The Morgan fingerprint density at radius 2 is 1.95 bits per heavy atom. The van der Waals surface area contributed by atoms with Crippen LogP contribution in [0.25, 0.3) is 0 Å². The topological polar surface area (TPSA) is 15.3 Å². The van der Waals surface area contributed by atoms with Crippen LogP contribution in [0, 0.1) is 13.8 Å². The molecule has 0 aliphatic carbocycles. The average molecular weight is 260 g/mol. The summed E-state index contributed by atoms with van der Waals surface area (Å²) < 4.78 is 0. The van der Waals surface area contributed by atoms with Crippen molar-refractivity contribution in [3.8, 4) is 0 Å². The molecule has 2 nitrogen and oxygen atoms in total. The van der Waals surface area contributed by atoms with E-state index in [0.29, 0.717) is 6.04 Å². The van der Waals surface area contributed by atoms with Gasteiger partial charge < -0.3 is 5.32 Å². The summed E-state index contributed by atoms with van der Waals surface area (Å²) in [6, 6.07) is 7.24. The molecule has 1 aromatic rings. The third-order valence-corrected chi connectivity index (χ3v) is 4.26. The molecule has 2 heteroatoms. The van der Waals surface area contributed by atoms with Crippen LogP contribution in [0.5, 0.6) is 0 Å². The molecule has 106 valence electrons. The SMILES string of the molecule is CCCN1CCCCC1CNc1c(C)cccc1C. The molecule has 1 aliphatic rings. The maximum atomic E-state index is 3.70. The third-order valence-electron chi connectivity index (χ3n) is 4.26. The van der Waals surface area contributed by atoms with Crippen LogP contribution >= 0.6 is 0 Å². The fourth-order valence-corrected chi connectivity index (χ4v) is 3.19. The normalized spacial score (nSPS) is 20.5. The Morgan fingerprint density at radius 3 is 2.63 bits per heavy atom. The summed E-state index contributed by atoms with van der Waals surface area (Å²) in [5.74, 6) is 0. The Bertz CT molecular complexity index is 378. The first kappa shape index (κ1) is 14.4. The summed E-state index contributed by atoms with van der Waals surface area (Å²) in [4.78, 5) is 2.67. The minimum atomic E-state index is 0.715. The van der Waals surface area contributed by atoms with Crippen LogP contribution in [0.4, 0.5) is 5.69 Å². The zero-order valence-electron chi connectivity index (χ0n) is 12.7. The molecule has 0 radical (unpaired) electrons. The summed E-state index contributed by atoms with van der Waals surface area (Å²) >= 11 is 0. The molecule has 0 aromatic heterocycles. The van der Waals surface area contributed by atoms with Gasteiger partial charge in [-0.2, -0.15) is 0 Å². The minimum Gasteiger partial charge on any atom is -0.383 e. The molecule has 1 N–H and O–H groups in total. The van der Waals surface area contributed by atoms with Crippen molar-refractivity contribution in [2.75, 3.05) is 25.0 Å². The number of nitrogens with one attached hydrogen (secondary N) is 1. The van der Waals surface area contributed by atoms with Gasteiger partial charge >= 0.3 is 0 Å². The molecule has 1 unspecified atom stereocenters. The molecule has 0 bridgehead atoms. The van der Waals surface area contributed by atoms with Gasteiger partial charge in [0, 0.05) is 18.3 Å². The van der Waals surface area contributed by atoms with Gasteiger partial charge in [-0.3, -0.25) is 4.90 Å². The van der Waals surface area contributed by atoms with Crippen LogP contribution in [0.15, 0.2) is 18.2 Å². The first-order valence-electron chi connectivity index (χ1n) is 7.76. The summed E-state index contributed by atoms with van der Waals surface area (Å²) in [6.45, 7) is 10.3. The summed E-state index contributed by atoms with van der Waals surface area (Å²) in [5.41, 5.74) is 4.06. The zero-order chi connectivity index (χ0) is 13.7. The highest BCUT2D eigenvalue weighted by Crippen LogP contribution is 2.22. The van der Waals surface area contributed by atoms with Crippen molar-refractivity contribution in [3.05, 3.63) is 29.3 Å². The van der Waals surface area contributed by atoms with Crippen molar-refractivity contribution in [1.82, 2.24) is 4.90 Å². The van der Waals surface area contributed by atoms with E-state index in [4.69, 9.17) is 0 Å². The van der Waals surface area contributed by atoms with Crippen molar-refractivity contribution in [2.24, 2.45) is 0 Å². The maximum absolute atomic E-state index is 3.70. The predicted octanol–water partition coefficient (Wildman–Crippen LogP) is 3.98. The Labute approximate surface area is 118 Å². The summed E-state index contributed by atoms with van der Waals surface area (Å²) in [6.07, 6.45) is 5.37. The van der Waals surface area contributed by atoms with Crippen LogP contribution in [0.1, 0.15) is 43.7 Å². The average Bonchev–Trinajstić information content (AvgIpc) is 2.40. The van der Waals surface area contributed by atoms with E-state index in [1.807, 2.05) is 0 Å². The predicted molar refractivity (Wildman–Crippen MR) is 83.9 cm³/mol. The van der Waals surface area contributed by atoms with Gasteiger partial charge in [0.05, 0.1) is 0 Å². The molecular weight excluding hydrogens is 232 g/mol. The number of anilines is 1. The van der Waals surface area contributed by atoms with Crippen molar-refractivity contribution >= 4 is 5.69 Å². The smallest absolute Gasteiger partial charge is 0.0400 e. The van der Waals surface area contributed by atoms with E-state index in [1.165, 1.54) is 55.6 Å². The standard InChI is InChI=1S/C17H28N2/c1-4-11-19-12-6-5-10-16(19)13-18-17-14(2)8-7-9-15(17)3/h7-9,16,18H,4-6,10-13H2,1-3H3. The first-order chi connectivity index (χ1) is 9.22. The molecule has 0 spiro atoms. The molecule has 2 rings (SSSR count). The Hall–Kier alpha value is -1.02. The van der Waals surface area contributed by atoms with Gasteiger partial charge in [-0.15, -0.1) is 0 Å². The number of hydrogen-bond acceptors (Lipinski definition) is 2. The number of piperidine rings is 1. The fraction of sp³-hybridized carbons (Fsp3) is 0.647. The molecule has 0 amide bonds. The third kappa shape index (κ3) is 3.73. The number of para-hydroxylation sites is 1. The number of nitrogens with zero attached hydrogens (tertiary/aromatic N) is 1. The van der Waals surface area contributed by atoms with E-state index in [0.717, 1.165) is 6.54 Å². The highest BCUT2D eigenvalue weighted by atomic mass is 15.2. The molecule has 0 saturated carbocycles. The quantitative estimate of drug-likeness (QED) is 0.861. The van der Waals surface area contributed by atoms with Crippen LogP contribution in [-0.4, -0.2) is 30.6 Å². The van der Waals surface area contributed by atoms with Crippen molar-refractivity contribution in [2.45, 2.75) is 52.5 Å². The van der Waals surface area contributed by atoms with Gasteiger partial charge in [-0.1, -0.05) is 31.5 Å². The monoisotopic (exact) mass is 260 g/mol. The van der Waals surface area contributed by atoms with Crippen LogP contribution in [0.2, 0.25) is 0 Å². The molecule has 19 heavy (non-hydrogen) atoms. The molecule has 1 atom stereocenters. The van der Waals surface area contributed by atoms with Gasteiger partial charge in [0.1, 0.15) is 0 Å². The highest BCUT2D eigenvalue weighted by molar-refractivity contribution is 5.56. The molecular formula is C17H28N2. The Balaban J connectivity index is 1.96. The molecule has 1 fully saturated rings. The second kappa shape index (κ2) is 6.95. The summed E-state index contributed by atoms with van der Waals surface area (Å²) in [5, 5.41) is 3.70. The van der Waals surface area contributed by atoms with Crippen molar-refractivity contribution < 1.29 is 0 Å². The number of likely N-dealkylation sites (tertiary alicyclic amines) is 1. The van der Waals surface area contributed by atoms with Gasteiger partial charge in [0.2, 0.25) is 0 Å². The highest BCUT2D eigenvalue weighted by Gasteiger charge is 2.21. The van der Waals surface area contributed by atoms with Gasteiger partial charge in [0.25, 0.3) is 0 Å². The lowest BCUT2D eigenvalue weighted by molar-refractivity contribution is 0.156. The van der Waals surface area contributed by atoms with Crippen molar-refractivity contribution in [1.29, 1.82) is 0 Å². The van der Waals surface area contributed by atoms with E-state index < -0.39 is 0 Å². The zero-order valence-corrected chi connectivity index (χ0v) is 12.7. The first-order valence-corrected chi connectivity index (χ1v) is 7.76. The molecule has 1 saturated heterocycles. The summed E-state index contributed by atoms with van der Waals surface area (Å²) in [7, 11) is 0. The van der Waals surface area contributed by atoms with Crippen LogP contribution in [-0.2, 0) is 0 Å². The lowest BCUT2D eigenvalue weighted by atomic mass is 10.0. The largest absolute Gasteiger partial charge is 0.383 e. The van der Waals surface area contributed by atoms with E-state index in [2.05, 4.69) is 49.2 Å². The second-order valence-corrected chi connectivity index (χ2v) is 5.83. The number of rotatable bonds is 5. The van der Waals surface area contributed by atoms with Gasteiger partial charge in [-0.05, 0) is 57.3 Å². The molecule has 1 aromatic carbocycles. The lowest BCUT2D eigenvalue weighted by Gasteiger charge is -2.36.